The number of thiazole rings is 1. The lowest BCUT2D eigenvalue weighted by Crippen LogP contribution is -2.43. The molecule has 0 saturated heterocycles. The summed E-state index contributed by atoms with van der Waals surface area (Å²) in [5.41, 5.74) is 1.77. The maximum absolute atomic E-state index is 13.2. The summed E-state index contributed by atoms with van der Waals surface area (Å²) in [7, 11) is 0. The number of hydrogen-bond acceptors (Lipinski definition) is 5. The van der Waals surface area contributed by atoms with E-state index in [1.54, 1.807) is 12.4 Å². The Kier molecular flexibility index (Phi) is 4.09. The number of para-hydroxylation sites is 1. The summed E-state index contributed by atoms with van der Waals surface area (Å²) in [6.45, 7) is 5.00. The third-order valence-electron chi connectivity index (χ3n) is 3.93. The fraction of sp³-hybridized carbons (Fsp3) is 0.211. The first kappa shape index (κ1) is 16.3. The van der Waals surface area contributed by atoms with Crippen LogP contribution in [0.25, 0.3) is 10.7 Å². The molecule has 3 heterocycles. The van der Waals surface area contributed by atoms with E-state index in [0.29, 0.717) is 11.4 Å². The molecule has 1 aromatic carbocycles. The Labute approximate surface area is 154 Å². The molecule has 1 aliphatic rings. The summed E-state index contributed by atoms with van der Waals surface area (Å²) < 4.78 is -0.0292. The van der Waals surface area contributed by atoms with Crippen molar-refractivity contribution >= 4 is 34.7 Å². The van der Waals surface area contributed by atoms with E-state index >= 15 is 0 Å². The summed E-state index contributed by atoms with van der Waals surface area (Å²) in [5.74, 6) is 0.000469. The molecule has 0 aliphatic carbocycles. The second-order valence-corrected chi connectivity index (χ2v) is 9.25. The second kappa shape index (κ2) is 6.28. The molecule has 126 valence electrons. The number of anilines is 1. The largest absolute Gasteiger partial charge is 0.305 e. The van der Waals surface area contributed by atoms with Gasteiger partial charge >= 0.3 is 0 Å². The van der Waals surface area contributed by atoms with Gasteiger partial charge in [0.2, 0.25) is 0 Å². The van der Waals surface area contributed by atoms with Crippen molar-refractivity contribution in [2.75, 3.05) is 11.4 Å². The number of nitrogens with zero attached hydrogens (tertiary/aromatic N) is 3. The first-order valence-corrected chi connectivity index (χ1v) is 9.64. The molecule has 0 spiro atoms. The van der Waals surface area contributed by atoms with Crippen LogP contribution < -0.4 is 4.90 Å². The zero-order valence-corrected chi connectivity index (χ0v) is 15.6. The first-order chi connectivity index (χ1) is 12.0. The standard InChI is InChI=1S/C19H17N3OS2/c1-19(2)12-22(14-8-3-4-9-15(14)25-19)18(23)16-11-21-17(24-16)13-7-5-6-10-20-13/h3-11H,12H2,1-2H3. The van der Waals surface area contributed by atoms with Gasteiger partial charge in [0.25, 0.3) is 5.91 Å². The van der Waals surface area contributed by atoms with E-state index in [1.807, 2.05) is 53.1 Å². The highest BCUT2D eigenvalue weighted by Crippen LogP contribution is 2.44. The summed E-state index contributed by atoms with van der Waals surface area (Å²) in [5, 5.41) is 0.767. The van der Waals surface area contributed by atoms with Crippen LogP contribution in [0.2, 0.25) is 0 Å². The van der Waals surface area contributed by atoms with Crippen LogP contribution in [0.1, 0.15) is 23.5 Å². The summed E-state index contributed by atoms with van der Waals surface area (Å²) >= 11 is 3.21. The molecule has 2 aromatic heterocycles. The van der Waals surface area contributed by atoms with E-state index in [1.165, 1.54) is 11.3 Å². The lowest BCUT2D eigenvalue weighted by atomic mass is 10.1. The number of fused-ring (bicyclic) bond motifs is 1. The van der Waals surface area contributed by atoms with Crippen LogP contribution >= 0.6 is 23.1 Å². The first-order valence-electron chi connectivity index (χ1n) is 8.01. The molecule has 6 heteroatoms. The minimum atomic E-state index is -0.0292. The third kappa shape index (κ3) is 3.19. The Morgan fingerprint density at radius 2 is 1.92 bits per heavy atom. The molecule has 3 aromatic rings. The van der Waals surface area contributed by atoms with Crippen molar-refractivity contribution in [3.63, 3.8) is 0 Å². The van der Waals surface area contributed by atoms with Gasteiger partial charge in [0.15, 0.2) is 0 Å². The Morgan fingerprint density at radius 1 is 1.12 bits per heavy atom. The Morgan fingerprint density at radius 3 is 2.72 bits per heavy atom. The molecule has 0 bridgehead atoms. The average Bonchev–Trinajstić information content (AvgIpc) is 3.10. The van der Waals surface area contributed by atoms with E-state index < -0.39 is 0 Å². The molecule has 0 N–H and O–H groups in total. The molecular weight excluding hydrogens is 350 g/mol. The van der Waals surface area contributed by atoms with Gasteiger partial charge in [0, 0.05) is 22.4 Å². The lowest BCUT2D eigenvalue weighted by molar-refractivity contribution is 0.0987. The minimum absolute atomic E-state index is 0.000469. The highest BCUT2D eigenvalue weighted by atomic mass is 32.2. The average molecular weight is 367 g/mol. The van der Waals surface area contributed by atoms with Crippen LogP contribution in [0, 0.1) is 0 Å². The molecular formula is C19H17N3OS2. The minimum Gasteiger partial charge on any atom is -0.305 e. The number of benzene rings is 1. The molecule has 0 saturated carbocycles. The van der Waals surface area contributed by atoms with Gasteiger partial charge in [-0.3, -0.25) is 9.78 Å². The Bertz CT molecular complexity index is 921. The predicted molar refractivity (Wildman–Crippen MR) is 103 cm³/mol. The number of thioether (sulfide) groups is 1. The fourth-order valence-electron chi connectivity index (χ4n) is 2.86. The van der Waals surface area contributed by atoms with E-state index in [4.69, 9.17) is 0 Å². The Hall–Kier alpha value is -2.18. The zero-order valence-electron chi connectivity index (χ0n) is 14.0. The van der Waals surface area contributed by atoms with Gasteiger partial charge in [-0.15, -0.1) is 23.1 Å². The molecule has 1 aliphatic heterocycles. The molecule has 0 atom stereocenters. The van der Waals surface area contributed by atoms with Crippen LogP contribution in [-0.2, 0) is 0 Å². The number of aromatic nitrogens is 2. The third-order valence-corrected chi connectivity index (χ3v) is 6.18. The van der Waals surface area contributed by atoms with Crippen LogP contribution in [0.15, 0.2) is 59.8 Å². The molecule has 4 nitrogen and oxygen atoms in total. The van der Waals surface area contributed by atoms with Crippen molar-refractivity contribution in [1.82, 2.24) is 9.97 Å². The van der Waals surface area contributed by atoms with Crippen molar-refractivity contribution in [2.45, 2.75) is 23.5 Å². The molecule has 0 radical (unpaired) electrons. The van der Waals surface area contributed by atoms with Gasteiger partial charge in [0.1, 0.15) is 9.88 Å². The van der Waals surface area contributed by atoms with Gasteiger partial charge < -0.3 is 4.90 Å². The number of carbonyl (C=O) groups excluding carboxylic acids is 1. The molecule has 4 rings (SSSR count). The van der Waals surface area contributed by atoms with Gasteiger partial charge in [-0.05, 0) is 38.1 Å². The molecule has 0 fully saturated rings. The number of carbonyl (C=O) groups is 1. The van der Waals surface area contributed by atoms with Gasteiger partial charge in [-0.1, -0.05) is 18.2 Å². The van der Waals surface area contributed by atoms with E-state index in [0.717, 1.165) is 21.3 Å². The number of hydrogen-bond donors (Lipinski definition) is 0. The van der Waals surface area contributed by atoms with Crippen LogP contribution in [-0.4, -0.2) is 27.2 Å². The van der Waals surface area contributed by atoms with Gasteiger partial charge in [0.05, 0.1) is 17.6 Å². The highest BCUT2D eigenvalue weighted by Gasteiger charge is 2.34. The SMILES string of the molecule is CC1(C)CN(C(=O)c2cnc(-c3ccccn3)s2)c2ccccc2S1. The quantitative estimate of drug-likeness (QED) is 0.656. The van der Waals surface area contributed by atoms with Crippen LogP contribution in [0.4, 0.5) is 5.69 Å². The van der Waals surface area contributed by atoms with Gasteiger partial charge in [-0.25, -0.2) is 4.98 Å². The second-order valence-electron chi connectivity index (χ2n) is 6.47. The van der Waals surface area contributed by atoms with Crippen molar-refractivity contribution in [2.24, 2.45) is 0 Å². The van der Waals surface area contributed by atoms with Crippen molar-refractivity contribution in [1.29, 1.82) is 0 Å². The predicted octanol–water partition coefficient (Wildman–Crippen LogP) is 4.74. The Balaban J connectivity index is 1.69. The molecule has 0 unspecified atom stereocenters. The van der Waals surface area contributed by atoms with E-state index in [-0.39, 0.29) is 10.7 Å². The van der Waals surface area contributed by atoms with Crippen molar-refractivity contribution < 1.29 is 4.79 Å². The smallest absolute Gasteiger partial charge is 0.270 e. The number of pyridine rings is 1. The topological polar surface area (TPSA) is 46.1 Å². The number of rotatable bonds is 2. The molecule has 1 amide bonds. The maximum atomic E-state index is 13.2. The monoisotopic (exact) mass is 367 g/mol. The maximum Gasteiger partial charge on any atom is 0.270 e. The van der Waals surface area contributed by atoms with Crippen LogP contribution in [0.3, 0.4) is 0 Å². The summed E-state index contributed by atoms with van der Waals surface area (Å²) in [6.07, 6.45) is 3.40. The lowest BCUT2D eigenvalue weighted by Gasteiger charge is -2.38. The summed E-state index contributed by atoms with van der Waals surface area (Å²) in [6, 6.07) is 13.8. The van der Waals surface area contributed by atoms with Gasteiger partial charge in [-0.2, -0.15) is 0 Å². The zero-order chi connectivity index (χ0) is 17.4. The van der Waals surface area contributed by atoms with E-state index in [9.17, 15) is 4.79 Å². The fourth-order valence-corrected chi connectivity index (χ4v) is 4.92. The normalized spacial score (nSPS) is 15.7. The highest BCUT2D eigenvalue weighted by molar-refractivity contribution is 8.00. The molecule has 25 heavy (non-hydrogen) atoms. The van der Waals surface area contributed by atoms with Crippen LogP contribution in [0.5, 0.6) is 0 Å². The van der Waals surface area contributed by atoms with E-state index in [2.05, 4.69) is 29.9 Å². The summed E-state index contributed by atoms with van der Waals surface area (Å²) in [4.78, 5) is 25.5. The number of amides is 1. The van der Waals surface area contributed by atoms with Crippen molar-refractivity contribution in [3.8, 4) is 10.7 Å². The van der Waals surface area contributed by atoms with Crippen molar-refractivity contribution in [3.05, 3.63) is 59.7 Å².